The minimum absolute atomic E-state index is 0.493. The summed E-state index contributed by atoms with van der Waals surface area (Å²) < 4.78 is 0. The second kappa shape index (κ2) is 6.41. The second-order valence-electron chi connectivity index (χ2n) is 5.97. The molecule has 0 radical (unpaired) electrons. The van der Waals surface area contributed by atoms with E-state index < -0.39 is 0 Å². The van der Waals surface area contributed by atoms with Gasteiger partial charge in [-0.1, -0.05) is 26.8 Å². The summed E-state index contributed by atoms with van der Waals surface area (Å²) in [5.74, 6) is 0.907. The van der Waals surface area contributed by atoms with Crippen LogP contribution in [0.15, 0.2) is 12.7 Å². The molecule has 0 aromatic rings. The first-order valence-electron chi connectivity index (χ1n) is 6.58. The Morgan fingerprint density at radius 2 is 1.94 bits per heavy atom. The molecule has 16 heavy (non-hydrogen) atoms. The highest BCUT2D eigenvalue weighted by molar-refractivity contribution is 4.81. The average molecular weight is 224 g/mol. The van der Waals surface area contributed by atoms with Gasteiger partial charge in [0.05, 0.1) is 0 Å². The normalized spacial score (nSPS) is 19.9. The summed E-state index contributed by atoms with van der Waals surface area (Å²) >= 11 is 0. The van der Waals surface area contributed by atoms with E-state index in [1.54, 1.807) is 0 Å². The van der Waals surface area contributed by atoms with Crippen LogP contribution in [0.1, 0.15) is 33.6 Å². The van der Waals surface area contributed by atoms with Gasteiger partial charge in [0.15, 0.2) is 0 Å². The first-order chi connectivity index (χ1) is 7.54. The van der Waals surface area contributed by atoms with E-state index in [1.165, 1.54) is 32.5 Å². The Kier molecular flexibility index (Phi) is 5.50. The van der Waals surface area contributed by atoms with Crippen molar-refractivity contribution in [3.8, 4) is 0 Å². The lowest BCUT2D eigenvalue weighted by molar-refractivity contribution is 0.113. The second-order valence-corrected chi connectivity index (χ2v) is 5.97. The highest BCUT2D eigenvalue weighted by atomic mass is 15.1. The molecule has 0 aliphatic carbocycles. The van der Waals surface area contributed by atoms with Crippen LogP contribution in [0.3, 0.4) is 0 Å². The van der Waals surface area contributed by atoms with Gasteiger partial charge >= 0.3 is 0 Å². The van der Waals surface area contributed by atoms with Crippen molar-refractivity contribution in [2.45, 2.75) is 33.6 Å². The number of hydrogen-bond acceptors (Lipinski definition) is 2. The van der Waals surface area contributed by atoms with Crippen LogP contribution < -0.4 is 5.32 Å². The molecule has 1 aliphatic rings. The maximum absolute atomic E-state index is 3.71. The molecular formula is C14H28N2. The van der Waals surface area contributed by atoms with Crippen LogP contribution in [-0.2, 0) is 0 Å². The van der Waals surface area contributed by atoms with Gasteiger partial charge in [0, 0.05) is 19.6 Å². The highest BCUT2D eigenvalue weighted by Crippen LogP contribution is 2.33. The van der Waals surface area contributed by atoms with Gasteiger partial charge in [0.25, 0.3) is 0 Å². The third-order valence-electron chi connectivity index (χ3n) is 3.71. The van der Waals surface area contributed by atoms with Gasteiger partial charge in [-0.05, 0) is 37.3 Å². The molecule has 0 bridgehead atoms. The molecule has 0 spiro atoms. The summed E-state index contributed by atoms with van der Waals surface area (Å²) in [6.07, 6.45) is 4.65. The Morgan fingerprint density at radius 3 is 2.44 bits per heavy atom. The Bertz CT molecular complexity index is 197. The van der Waals surface area contributed by atoms with E-state index in [0.29, 0.717) is 5.41 Å². The van der Waals surface area contributed by atoms with Gasteiger partial charge in [-0.25, -0.2) is 0 Å². The topological polar surface area (TPSA) is 15.3 Å². The molecule has 0 amide bonds. The highest BCUT2D eigenvalue weighted by Gasteiger charge is 2.28. The summed E-state index contributed by atoms with van der Waals surface area (Å²) in [6, 6.07) is 0. The average Bonchev–Trinajstić information content (AvgIpc) is 2.24. The van der Waals surface area contributed by atoms with Crippen LogP contribution in [0.25, 0.3) is 0 Å². The Hall–Kier alpha value is -0.340. The van der Waals surface area contributed by atoms with Crippen LogP contribution in [0.5, 0.6) is 0 Å². The Morgan fingerprint density at radius 1 is 1.31 bits per heavy atom. The van der Waals surface area contributed by atoms with E-state index in [4.69, 9.17) is 0 Å². The Labute approximate surface area is 101 Å². The van der Waals surface area contributed by atoms with Crippen molar-refractivity contribution in [3.05, 3.63) is 12.7 Å². The van der Waals surface area contributed by atoms with Crippen LogP contribution in [0, 0.1) is 11.3 Å². The minimum Gasteiger partial charge on any atom is -0.312 e. The summed E-state index contributed by atoms with van der Waals surface area (Å²) in [5.41, 5.74) is 0.493. The lowest BCUT2D eigenvalue weighted by Gasteiger charge is -2.38. The number of piperidine rings is 1. The van der Waals surface area contributed by atoms with Gasteiger partial charge < -0.3 is 10.2 Å². The van der Waals surface area contributed by atoms with Crippen molar-refractivity contribution in [2.24, 2.45) is 11.3 Å². The van der Waals surface area contributed by atoms with Crippen LogP contribution >= 0.6 is 0 Å². The van der Waals surface area contributed by atoms with Gasteiger partial charge in [-0.3, -0.25) is 0 Å². The fraction of sp³-hybridized carbons (Fsp3) is 0.857. The maximum atomic E-state index is 3.71. The third kappa shape index (κ3) is 4.67. The predicted molar refractivity (Wildman–Crippen MR) is 71.7 cm³/mol. The van der Waals surface area contributed by atoms with Crippen molar-refractivity contribution in [1.82, 2.24) is 10.2 Å². The van der Waals surface area contributed by atoms with E-state index in [1.807, 2.05) is 6.08 Å². The van der Waals surface area contributed by atoms with Crippen LogP contribution in [0.2, 0.25) is 0 Å². The van der Waals surface area contributed by atoms with Gasteiger partial charge in [-0.2, -0.15) is 0 Å². The monoisotopic (exact) mass is 224 g/mol. The van der Waals surface area contributed by atoms with E-state index in [2.05, 4.69) is 37.6 Å². The molecule has 1 fully saturated rings. The molecule has 1 aliphatic heterocycles. The van der Waals surface area contributed by atoms with E-state index in [9.17, 15) is 0 Å². The summed E-state index contributed by atoms with van der Waals surface area (Å²) in [7, 11) is 0. The summed E-state index contributed by atoms with van der Waals surface area (Å²) in [5, 5.41) is 3.36. The predicted octanol–water partition coefficient (Wildman–Crippen LogP) is 2.52. The largest absolute Gasteiger partial charge is 0.312 e. The number of nitrogens with zero attached hydrogens (tertiary/aromatic N) is 1. The smallest absolute Gasteiger partial charge is 0.0132 e. The number of likely N-dealkylation sites (tertiary alicyclic amines) is 1. The van der Waals surface area contributed by atoms with E-state index >= 15 is 0 Å². The molecule has 1 rings (SSSR count). The quantitative estimate of drug-likeness (QED) is 0.570. The van der Waals surface area contributed by atoms with E-state index in [-0.39, 0.29) is 0 Å². The first-order valence-corrected chi connectivity index (χ1v) is 6.58. The molecule has 1 saturated heterocycles. The molecule has 1 heterocycles. The zero-order valence-electron chi connectivity index (χ0n) is 11.3. The molecule has 2 heteroatoms. The van der Waals surface area contributed by atoms with Gasteiger partial charge in [0.1, 0.15) is 0 Å². The molecule has 0 unspecified atom stereocenters. The molecule has 1 N–H and O–H groups in total. The zero-order valence-corrected chi connectivity index (χ0v) is 11.3. The fourth-order valence-corrected chi connectivity index (χ4v) is 2.46. The van der Waals surface area contributed by atoms with Crippen molar-refractivity contribution in [1.29, 1.82) is 0 Å². The van der Waals surface area contributed by atoms with Gasteiger partial charge in [-0.15, -0.1) is 6.58 Å². The molecular weight excluding hydrogens is 196 g/mol. The number of rotatable bonds is 5. The maximum Gasteiger partial charge on any atom is 0.0132 e. The lowest BCUT2D eigenvalue weighted by atomic mass is 9.75. The van der Waals surface area contributed by atoms with Crippen LogP contribution in [-0.4, -0.2) is 37.6 Å². The van der Waals surface area contributed by atoms with Crippen molar-refractivity contribution >= 4 is 0 Å². The zero-order chi connectivity index (χ0) is 12.0. The molecule has 94 valence electrons. The lowest BCUT2D eigenvalue weighted by Crippen LogP contribution is -2.41. The third-order valence-corrected chi connectivity index (χ3v) is 3.71. The molecule has 2 nitrogen and oxygen atoms in total. The first kappa shape index (κ1) is 13.7. The van der Waals surface area contributed by atoms with Crippen molar-refractivity contribution in [3.63, 3.8) is 0 Å². The van der Waals surface area contributed by atoms with E-state index in [0.717, 1.165) is 19.0 Å². The molecule has 0 aromatic heterocycles. The molecule has 0 saturated carbocycles. The molecule has 0 aromatic carbocycles. The fourth-order valence-electron chi connectivity index (χ4n) is 2.46. The van der Waals surface area contributed by atoms with Crippen LogP contribution in [0.4, 0.5) is 0 Å². The van der Waals surface area contributed by atoms with Gasteiger partial charge in [0.2, 0.25) is 0 Å². The summed E-state index contributed by atoms with van der Waals surface area (Å²) in [4.78, 5) is 2.58. The number of hydrogen-bond donors (Lipinski definition) is 1. The minimum atomic E-state index is 0.493. The van der Waals surface area contributed by atoms with Crippen molar-refractivity contribution < 1.29 is 0 Å². The number of nitrogens with one attached hydrogen (secondary N) is 1. The standard InChI is InChI=1S/C14H28N2/c1-5-8-15-9-12-16-10-6-13(7-11-16)14(2,3)4/h5,13,15H,1,6-12H2,2-4H3. The SMILES string of the molecule is C=CCNCCN1CCC(C(C)(C)C)CC1. The summed E-state index contributed by atoms with van der Waals surface area (Å²) in [6.45, 7) is 16.6. The molecule has 0 atom stereocenters. The Balaban J connectivity index is 2.14. The van der Waals surface area contributed by atoms with Crippen molar-refractivity contribution in [2.75, 3.05) is 32.7 Å².